The normalized spacial score (nSPS) is 11.3. The Morgan fingerprint density at radius 1 is 0.353 bits per heavy atom. The summed E-state index contributed by atoms with van der Waals surface area (Å²) in [5.74, 6) is -9.31. The van der Waals surface area contributed by atoms with E-state index >= 15 is 17.6 Å². The van der Waals surface area contributed by atoms with Crippen molar-refractivity contribution in [3.05, 3.63) is 119 Å². The summed E-state index contributed by atoms with van der Waals surface area (Å²) in [7, 11) is 0. The molecule has 0 saturated heterocycles. The van der Waals surface area contributed by atoms with E-state index < -0.39 is 74.5 Å². The minimum atomic E-state index is -3.54. The van der Waals surface area contributed by atoms with E-state index in [4.69, 9.17) is 0 Å². The van der Waals surface area contributed by atoms with Gasteiger partial charge in [0.1, 0.15) is 29.4 Å². The molecule has 4 rings (SSSR count). The Bertz CT molecular complexity index is 1160. The molecule has 0 aromatic heterocycles. The Labute approximate surface area is 211 Å². The van der Waals surface area contributed by atoms with Crippen LogP contribution >= 0.6 is 0 Å². The molecule has 168 valence electrons. The fraction of sp³-hybridized carbons (Fsp3) is 0. The van der Waals surface area contributed by atoms with Gasteiger partial charge in [0, 0.05) is 24.3 Å². The second-order valence-corrected chi connectivity index (χ2v) is 7.53. The smallest absolute Gasteiger partial charge is 0.210 e. The third kappa shape index (κ3) is 4.40. The van der Waals surface area contributed by atoms with Gasteiger partial charge in [0.25, 0.3) is 0 Å². The molecule has 0 amide bonds. The molecule has 0 aliphatic rings. The summed E-state index contributed by atoms with van der Waals surface area (Å²) in [6.45, 7) is 0. The fourth-order valence-corrected chi connectivity index (χ4v) is 4.42. The van der Waals surface area contributed by atoms with E-state index in [1.807, 2.05) is 0 Å². The third-order valence-electron chi connectivity index (χ3n) is 5.72. The van der Waals surface area contributed by atoms with Crippen LogP contribution in [0, 0.1) is 46.5 Å². The van der Waals surface area contributed by atoms with Crippen LogP contribution in [0.5, 0.6) is 0 Å². The topological polar surface area (TPSA) is 0 Å². The molecular formula is C24H12BF8Na. The molecule has 0 heterocycles. The third-order valence-corrected chi connectivity index (χ3v) is 5.72. The van der Waals surface area contributed by atoms with Crippen molar-refractivity contribution in [3.63, 3.8) is 0 Å². The minimum Gasteiger partial charge on any atom is -0.210 e. The first kappa shape index (κ1) is 26.0. The molecule has 0 saturated carbocycles. The summed E-state index contributed by atoms with van der Waals surface area (Å²) >= 11 is 0. The zero-order valence-corrected chi connectivity index (χ0v) is 19.5. The van der Waals surface area contributed by atoms with Gasteiger partial charge < -0.3 is 0 Å². The summed E-state index contributed by atoms with van der Waals surface area (Å²) in [6, 6.07) is 8.31. The Kier molecular flexibility index (Phi) is 7.60. The van der Waals surface area contributed by atoms with Gasteiger partial charge >= 0.3 is 29.6 Å². The standard InChI is InChI=1S/C24H12BF8.Na/c26-13-1-5-17(21(30)9-13)25(18-6-2-14(27)10-22(18)31,19-7-3-15(28)11-23(19)32)20-8-4-16(29)12-24(20)33;/h1-12H;/q-1;+1. The Balaban J connectivity index is 0.00000324. The molecule has 10 heteroatoms. The van der Waals surface area contributed by atoms with E-state index in [9.17, 15) is 17.6 Å². The Morgan fingerprint density at radius 2 is 0.559 bits per heavy atom. The average molecular weight is 486 g/mol. The maximum atomic E-state index is 15.2. The summed E-state index contributed by atoms with van der Waals surface area (Å²) in [6.07, 6.45) is -3.54. The van der Waals surface area contributed by atoms with Crippen molar-refractivity contribution in [3.8, 4) is 0 Å². The van der Waals surface area contributed by atoms with Crippen molar-refractivity contribution >= 4 is 28.0 Å². The van der Waals surface area contributed by atoms with Crippen molar-refractivity contribution in [2.45, 2.75) is 0 Å². The first-order chi connectivity index (χ1) is 15.6. The van der Waals surface area contributed by atoms with Gasteiger partial charge in [-0.25, -0.2) is 35.1 Å². The summed E-state index contributed by atoms with van der Waals surface area (Å²) in [5.41, 5.74) is -2.29. The van der Waals surface area contributed by atoms with Gasteiger partial charge in [-0.3, -0.25) is 0 Å². The van der Waals surface area contributed by atoms with Gasteiger partial charge in [-0.15, -0.1) is 0 Å². The molecule has 0 atom stereocenters. The monoisotopic (exact) mass is 486 g/mol. The molecule has 0 spiro atoms. The largest absolute Gasteiger partial charge is 1.00 e. The van der Waals surface area contributed by atoms with E-state index in [1.165, 1.54) is 0 Å². The van der Waals surface area contributed by atoms with Gasteiger partial charge in [-0.1, -0.05) is 24.3 Å². The number of halogens is 8. The molecule has 34 heavy (non-hydrogen) atoms. The molecular weight excluding hydrogens is 474 g/mol. The van der Waals surface area contributed by atoms with Crippen LogP contribution in [0.1, 0.15) is 0 Å². The van der Waals surface area contributed by atoms with Crippen molar-refractivity contribution in [1.82, 2.24) is 0 Å². The molecule has 0 nitrogen and oxygen atoms in total. The predicted molar refractivity (Wildman–Crippen MR) is 110 cm³/mol. The molecule has 0 aliphatic carbocycles. The van der Waals surface area contributed by atoms with E-state index in [2.05, 4.69) is 0 Å². The maximum absolute atomic E-state index is 15.2. The van der Waals surface area contributed by atoms with Gasteiger partial charge in [0.05, 0.1) is 23.3 Å². The quantitative estimate of drug-likeness (QED) is 0.301. The number of hydrogen-bond donors (Lipinski definition) is 0. The summed E-state index contributed by atoms with van der Waals surface area (Å²) in [5, 5.41) is 0. The molecule has 0 bridgehead atoms. The molecule has 0 unspecified atom stereocenters. The number of hydrogen-bond acceptors (Lipinski definition) is 0. The average Bonchev–Trinajstić information content (AvgIpc) is 2.72. The SMILES string of the molecule is Fc1ccc([B-](c2ccc(F)cc2F)(c2ccc(F)cc2F)c2ccc(F)cc2F)c(F)c1.[Na+]. The molecule has 0 N–H and O–H groups in total. The van der Waals surface area contributed by atoms with Gasteiger partial charge in [0.15, 0.2) is 0 Å². The first-order valence-electron chi connectivity index (χ1n) is 9.62. The van der Waals surface area contributed by atoms with Crippen molar-refractivity contribution in [2.24, 2.45) is 0 Å². The molecule has 0 radical (unpaired) electrons. The van der Waals surface area contributed by atoms with Crippen LogP contribution in [0.3, 0.4) is 0 Å². The second-order valence-electron chi connectivity index (χ2n) is 7.53. The van der Waals surface area contributed by atoms with Crippen molar-refractivity contribution in [2.75, 3.05) is 0 Å². The van der Waals surface area contributed by atoms with Crippen molar-refractivity contribution < 1.29 is 64.7 Å². The summed E-state index contributed by atoms with van der Waals surface area (Å²) < 4.78 is 116. The van der Waals surface area contributed by atoms with Crippen LogP contribution in [-0.4, -0.2) is 6.15 Å². The fourth-order valence-electron chi connectivity index (χ4n) is 4.42. The van der Waals surface area contributed by atoms with Crippen LogP contribution in [0.25, 0.3) is 0 Å². The van der Waals surface area contributed by atoms with Crippen LogP contribution in [-0.2, 0) is 0 Å². The molecule has 0 aliphatic heterocycles. The van der Waals surface area contributed by atoms with Crippen LogP contribution in [0.15, 0.2) is 72.8 Å². The van der Waals surface area contributed by atoms with Gasteiger partial charge in [-0.05, 0) is 24.3 Å². The molecule has 4 aromatic rings. The van der Waals surface area contributed by atoms with Crippen LogP contribution in [0.4, 0.5) is 35.1 Å². The van der Waals surface area contributed by atoms with E-state index in [0.717, 1.165) is 48.5 Å². The van der Waals surface area contributed by atoms with Gasteiger partial charge in [-0.2, -0.15) is 21.9 Å². The van der Waals surface area contributed by atoms with E-state index in [-0.39, 0.29) is 29.6 Å². The van der Waals surface area contributed by atoms with E-state index in [1.54, 1.807) is 0 Å². The van der Waals surface area contributed by atoms with E-state index in [0.29, 0.717) is 24.3 Å². The van der Waals surface area contributed by atoms with Crippen LogP contribution in [0.2, 0.25) is 0 Å². The zero-order chi connectivity index (χ0) is 23.9. The maximum Gasteiger partial charge on any atom is 1.00 e. The molecule has 4 aromatic carbocycles. The Morgan fingerprint density at radius 3 is 0.735 bits per heavy atom. The zero-order valence-electron chi connectivity index (χ0n) is 17.5. The summed E-state index contributed by atoms with van der Waals surface area (Å²) in [4.78, 5) is 0. The van der Waals surface area contributed by atoms with Crippen LogP contribution < -0.4 is 51.4 Å². The minimum absolute atomic E-state index is 0. The Hall–Kier alpha value is -2.62. The number of benzene rings is 4. The number of rotatable bonds is 4. The predicted octanol–water partition coefficient (Wildman–Crippen LogP) is 1.18. The van der Waals surface area contributed by atoms with Gasteiger partial charge in [0.2, 0.25) is 0 Å². The second kappa shape index (κ2) is 9.94. The van der Waals surface area contributed by atoms with Crippen molar-refractivity contribution in [1.29, 1.82) is 0 Å². The first-order valence-corrected chi connectivity index (χ1v) is 9.62. The molecule has 0 fully saturated rings.